The van der Waals surface area contributed by atoms with Crippen molar-refractivity contribution >= 4 is 16.8 Å². The number of rotatable bonds is 3. The Labute approximate surface area is 170 Å². The molecule has 152 valence electrons. The summed E-state index contributed by atoms with van der Waals surface area (Å²) in [5.41, 5.74) is 3.11. The smallest absolute Gasteiger partial charge is 0.253 e. The number of benzene rings is 2. The summed E-state index contributed by atoms with van der Waals surface area (Å²) in [6.45, 7) is 0.140. The fourth-order valence-electron chi connectivity index (χ4n) is 3.70. The lowest BCUT2D eigenvalue weighted by Gasteiger charge is -2.31. The van der Waals surface area contributed by atoms with Crippen molar-refractivity contribution in [3.8, 4) is 17.1 Å². The number of likely N-dealkylation sites (tertiary alicyclic amines) is 1. The van der Waals surface area contributed by atoms with Gasteiger partial charge in [0.25, 0.3) is 11.8 Å². The average Bonchev–Trinajstić information content (AvgIpc) is 3.43. The van der Waals surface area contributed by atoms with E-state index in [9.17, 15) is 13.6 Å². The number of aromatic amines is 1. The zero-order valence-corrected chi connectivity index (χ0v) is 15.9. The number of aromatic nitrogens is 5. The zero-order chi connectivity index (χ0) is 20.7. The van der Waals surface area contributed by atoms with Crippen LogP contribution in [0.4, 0.5) is 8.78 Å². The van der Waals surface area contributed by atoms with Crippen molar-refractivity contribution in [3.63, 3.8) is 0 Å². The van der Waals surface area contributed by atoms with Crippen LogP contribution in [0.5, 0.6) is 0 Å². The molecule has 7 nitrogen and oxygen atoms in total. The number of fused-ring (bicyclic) bond motifs is 1. The van der Waals surface area contributed by atoms with Gasteiger partial charge in [0, 0.05) is 42.4 Å². The molecule has 30 heavy (non-hydrogen) atoms. The Morgan fingerprint density at radius 2 is 1.83 bits per heavy atom. The molecule has 0 unspecified atom stereocenters. The van der Waals surface area contributed by atoms with Crippen molar-refractivity contribution in [3.05, 3.63) is 60.6 Å². The van der Waals surface area contributed by atoms with Gasteiger partial charge >= 0.3 is 0 Å². The SMILES string of the molecule is O=C(c1ccc2c(cnn2-c2ccc(-c3ncn[nH]3)cc2)c1)N1CCC(F)(F)CC1. The first-order chi connectivity index (χ1) is 14.5. The maximum absolute atomic E-state index is 13.4. The van der Waals surface area contributed by atoms with Crippen molar-refractivity contribution < 1.29 is 13.6 Å². The Hall–Kier alpha value is -3.62. The molecular weight excluding hydrogens is 390 g/mol. The lowest BCUT2D eigenvalue weighted by molar-refractivity contribution is -0.0494. The van der Waals surface area contributed by atoms with Crippen molar-refractivity contribution in [1.29, 1.82) is 0 Å². The number of hydrogen-bond acceptors (Lipinski definition) is 4. The maximum Gasteiger partial charge on any atom is 0.253 e. The molecule has 1 aliphatic rings. The monoisotopic (exact) mass is 408 g/mol. The highest BCUT2D eigenvalue weighted by Crippen LogP contribution is 2.29. The van der Waals surface area contributed by atoms with Crippen LogP contribution in [0.2, 0.25) is 0 Å². The number of amides is 1. The van der Waals surface area contributed by atoms with Crippen LogP contribution in [0, 0.1) is 0 Å². The molecule has 2 aromatic heterocycles. The van der Waals surface area contributed by atoms with Gasteiger partial charge in [0.05, 0.1) is 17.4 Å². The minimum absolute atomic E-state index is 0.0701. The Morgan fingerprint density at radius 3 is 2.53 bits per heavy atom. The molecule has 1 amide bonds. The fraction of sp³-hybridized carbons (Fsp3) is 0.238. The van der Waals surface area contributed by atoms with Crippen LogP contribution in [-0.2, 0) is 0 Å². The van der Waals surface area contributed by atoms with Crippen LogP contribution < -0.4 is 0 Å². The van der Waals surface area contributed by atoms with E-state index in [-0.39, 0.29) is 31.8 Å². The Balaban J connectivity index is 1.39. The van der Waals surface area contributed by atoms with Crippen LogP contribution >= 0.6 is 0 Å². The lowest BCUT2D eigenvalue weighted by Crippen LogP contribution is -2.42. The van der Waals surface area contributed by atoms with E-state index < -0.39 is 5.92 Å². The molecular formula is C21H18F2N6O. The topological polar surface area (TPSA) is 79.7 Å². The third-order valence-corrected chi connectivity index (χ3v) is 5.40. The quantitative estimate of drug-likeness (QED) is 0.561. The molecule has 4 aromatic rings. The van der Waals surface area contributed by atoms with E-state index in [2.05, 4.69) is 20.3 Å². The highest BCUT2D eigenvalue weighted by Gasteiger charge is 2.35. The first kappa shape index (κ1) is 18.4. The molecule has 1 saturated heterocycles. The number of alkyl halides is 2. The third kappa shape index (κ3) is 3.32. The molecule has 1 fully saturated rings. The van der Waals surface area contributed by atoms with Crippen molar-refractivity contribution in [1.82, 2.24) is 29.9 Å². The van der Waals surface area contributed by atoms with Crippen LogP contribution in [0.25, 0.3) is 28.0 Å². The third-order valence-electron chi connectivity index (χ3n) is 5.40. The number of carbonyl (C=O) groups excluding carboxylic acids is 1. The molecule has 0 spiro atoms. The van der Waals surface area contributed by atoms with E-state index in [0.29, 0.717) is 11.4 Å². The van der Waals surface area contributed by atoms with Gasteiger partial charge in [0.1, 0.15) is 6.33 Å². The molecule has 9 heteroatoms. The van der Waals surface area contributed by atoms with E-state index in [1.54, 1.807) is 23.0 Å². The van der Waals surface area contributed by atoms with Crippen molar-refractivity contribution in [2.45, 2.75) is 18.8 Å². The van der Waals surface area contributed by atoms with Crippen LogP contribution in [0.15, 0.2) is 55.0 Å². The van der Waals surface area contributed by atoms with Gasteiger partial charge in [-0.25, -0.2) is 18.4 Å². The second-order valence-corrected chi connectivity index (χ2v) is 7.36. The molecule has 0 aliphatic carbocycles. The molecule has 1 aliphatic heterocycles. The van der Waals surface area contributed by atoms with Crippen LogP contribution in [-0.4, -0.2) is 54.8 Å². The zero-order valence-electron chi connectivity index (χ0n) is 15.9. The number of piperidine rings is 1. The Bertz CT molecular complexity index is 1190. The standard InChI is InChI=1S/C21H18F2N6O/c22-21(23)7-9-28(10-8-21)20(30)15-3-6-18-16(11-15)12-26-29(18)17-4-1-14(2-5-17)19-24-13-25-27-19/h1-6,11-13H,7-10H2,(H,24,25,27). The van der Waals surface area contributed by atoms with Gasteiger partial charge in [0.15, 0.2) is 5.82 Å². The minimum Gasteiger partial charge on any atom is -0.338 e. The number of nitrogens with zero attached hydrogens (tertiary/aromatic N) is 5. The van der Waals surface area contributed by atoms with E-state index in [1.807, 2.05) is 30.3 Å². The highest BCUT2D eigenvalue weighted by atomic mass is 19.3. The first-order valence-corrected chi connectivity index (χ1v) is 9.61. The second kappa shape index (κ2) is 7.01. The molecule has 1 N–H and O–H groups in total. The number of nitrogens with one attached hydrogen (secondary N) is 1. The predicted octanol–water partition coefficient (Wildman–Crippen LogP) is 3.68. The number of carbonyl (C=O) groups is 1. The Kier molecular flexibility index (Phi) is 4.30. The summed E-state index contributed by atoms with van der Waals surface area (Å²) < 4.78 is 28.5. The summed E-state index contributed by atoms with van der Waals surface area (Å²) >= 11 is 0. The van der Waals surface area contributed by atoms with Gasteiger partial charge in [-0.3, -0.25) is 9.89 Å². The van der Waals surface area contributed by atoms with Crippen LogP contribution in [0.1, 0.15) is 23.2 Å². The summed E-state index contributed by atoms with van der Waals surface area (Å²) in [5.74, 6) is -2.22. The summed E-state index contributed by atoms with van der Waals surface area (Å²) in [6.07, 6.45) is 2.57. The molecule has 0 bridgehead atoms. The summed E-state index contributed by atoms with van der Waals surface area (Å²) in [6, 6.07) is 13.0. The van der Waals surface area contributed by atoms with Crippen molar-refractivity contribution in [2.75, 3.05) is 13.1 Å². The Morgan fingerprint density at radius 1 is 1.07 bits per heavy atom. The van der Waals surface area contributed by atoms with Gasteiger partial charge < -0.3 is 4.90 Å². The fourth-order valence-corrected chi connectivity index (χ4v) is 3.70. The normalized spacial score (nSPS) is 16.1. The van der Waals surface area contributed by atoms with Gasteiger partial charge in [-0.1, -0.05) is 0 Å². The summed E-state index contributed by atoms with van der Waals surface area (Å²) in [5, 5.41) is 11.9. The van der Waals surface area contributed by atoms with Gasteiger partial charge in [0.2, 0.25) is 0 Å². The number of H-pyrrole nitrogens is 1. The predicted molar refractivity (Wildman–Crippen MR) is 107 cm³/mol. The molecule has 3 heterocycles. The largest absolute Gasteiger partial charge is 0.338 e. The maximum atomic E-state index is 13.4. The summed E-state index contributed by atoms with van der Waals surface area (Å²) in [7, 11) is 0. The summed E-state index contributed by atoms with van der Waals surface area (Å²) in [4.78, 5) is 18.3. The molecule has 2 aromatic carbocycles. The highest BCUT2D eigenvalue weighted by molar-refractivity contribution is 5.98. The van der Waals surface area contributed by atoms with Gasteiger partial charge in [-0.2, -0.15) is 10.2 Å². The number of hydrogen-bond donors (Lipinski definition) is 1. The van der Waals surface area contributed by atoms with Crippen LogP contribution in [0.3, 0.4) is 0 Å². The van der Waals surface area contributed by atoms with Gasteiger partial charge in [-0.15, -0.1) is 0 Å². The molecule has 0 atom stereocenters. The van der Waals surface area contributed by atoms with E-state index >= 15 is 0 Å². The lowest BCUT2D eigenvalue weighted by atomic mass is 10.0. The van der Waals surface area contributed by atoms with Crippen molar-refractivity contribution in [2.24, 2.45) is 0 Å². The van der Waals surface area contributed by atoms with E-state index in [0.717, 1.165) is 22.2 Å². The van der Waals surface area contributed by atoms with E-state index in [1.165, 1.54) is 11.2 Å². The molecule has 0 saturated carbocycles. The average molecular weight is 408 g/mol. The molecule has 0 radical (unpaired) electrons. The number of halogens is 2. The molecule has 5 rings (SSSR count). The van der Waals surface area contributed by atoms with Gasteiger partial charge in [-0.05, 0) is 42.5 Å². The van der Waals surface area contributed by atoms with E-state index in [4.69, 9.17) is 0 Å². The minimum atomic E-state index is -2.68. The second-order valence-electron chi connectivity index (χ2n) is 7.36. The first-order valence-electron chi connectivity index (χ1n) is 9.61.